The van der Waals surface area contributed by atoms with Gasteiger partial charge in [-0.1, -0.05) is 13.8 Å². The molecule has 0 spiro atoms. The number of aldehydes is 1. The Hall–Kier alpha value is -1.06. The van der Waals surface area contributed by atoms with Gasteiger partial charge in [0.15, 0.2) is 6.29 Å². The van der Waals surface area contributed by atoms with Crippen LogP contribution in [-0.4, -0.2) is 73.9 Å². The number of aliphatic hydroxyl groups is 5. The molecule has 0 fully saturated rings. The molecule has 0 aromatic rings. The molecule has 0 amide bonds. The maximum Gasteiger partial charge on any atom is 0.303 e. The van der Waals surface area contributed by atoms with Gasteiger partial charge in [-0.05, 0) is 5.92 Å². The van der Waals surface area contributed by atoms with Crippen LogP contribution in [0.15, 0.2) is 0 Å². The zero-order valence-corrected chi connectivity index (χ0v) is 10.9. The molecule has 4 atom stereocenters. The largest absolute Gasteiger partial charge is 0.481 e. The fraction of sp³-hybridized carbons (Fsp3) is 0.818. The Bertz CT molecular complexity index is 255. The Morgan fingerprint density at radius 3 is 1.79 bits per heavy atom. The molecular weight excluding hydrogens is 260 g/mol. The summed E-state index contributed by atoms with van der Waals surface area (Å²) in [6, 6.07) is 0. The van der Waals surface area contributed by atoms with Gasteiger partial charge in [0, 0.05) is 6.42 Å². The van der Waals surface area contributed by atoms with Gasteiger partial charge in [-0.25, -0.2) is 0 Å². The summed E-state index contributed by atoms with van der Waals surface area (Å²) in [5.74, 6) is -0.438. The maximum atomic E-state index is 9.90. The SMILES string of the molecule is CC(C)CC(=O)O.O=CC(O)C(O)C(O)C(O)CO. The molecule has 0 aliphatic rings. The van der Waals surface area contributed by atoms with Gasteiger partial charge in [-0.3, -0.25) is 4.79 Å². The van der Waals surface area contributed by atoms with Crippen LogP contribution in [0.1, 0.15) is 20.3 Å². The van der Waals surface area contributed by atoms with Gasteiger partial charge in [0.1, 0.15) is 24.4 Å². The molecule has 114 valence electrons. The average molecular weight is 282 g/mol. The number of aliphatic hydroxyl groups excluding tert-OH is 5. The van der Waals surface area contributed by atoms with Gasteiger partial charge in [0.25, 0.3) is 0 Å². The molecule has 4 unspecified atom stereocenters. The van der Waals surface area contributed by atoms with Crippen LogP contribution in [0.4, 0.5) is 0 Å². The Labute approximate surface area is 110 Å². The minimum atomic E-state index is -1.79. The predicted octanol–water partition coefficient (Wildman–Crippen LogP) is -2.26. The standard InChI is InChI=1S/C6H12O6.C5H10O2/c7-1-3(9)5(11)6(12)4(10)2-8;1-4(2)3-5(6)7/h1,3-6,8-12H,2H2;4H,3H2,1-2H3,(H,6,7). The Kier molecular flexibility index (Phi) is 11.5. The number of hydrogen-bond donors (Lipinski definition) is 6. The van der Waals surface area contributed by atoms with E-state index in [-0.39, 0.29) is 18.6 Å². The molecule has 0 bridgehead atoms. The van der Waals surface area contributed by atoms with Crippen molar-refractivity contribution in [3.63, 3.8) is 0 Å². The Balaban J connectivity index is 0. The van der Waals surface area contributed by atoms with E-state index in [0.717, 1.165) is 0 Å². The monoisotopic (exact) mass is 282 g/mol. The van der Waals surface area contributed by atoms with Gasteiger partial charge < -0.3 is 35.4 Å². The van der Waals surface area contributed by atoms with E-state index in [9.17, 15) is 9.59 Å². The fourth-order valence-electron chi connectivity index (χ4n) is 0.967. The van der Waals surface area contributed by atoms with Crippen LogP contribution in [0.3, 0.4) is 0 Å². The highest BCUT2D eigenvalue weighted by Crippen LogP contribution is 2.02. The lowest BCUT2D eigenvalue weighted by atomic mass is 10.0. The lowest BCUT2D eigenvalue weighted by molar-refractivity contribution is -0.138. The Morgan fingerprint density at radius 1 is 1.11 bits per heavy atom. The van der Waals surface area contributed by atoms with Gasteiger partial charge >= 0.3 is 5.97 Å². The topological polar surface area (TPSA) is 156 Å². The van der Waals surface area contributed by atoms with E-state index in [2.05, 4.69) is 0 Å². The van der Waals surface area contributed by atoms with Gasteiger partial charge in [0.2, 0.25) is 0 Å². The summed E-state index contributed by atoms with van der Waals surface area (Å²) < 4.78 is 0. The summed E-state index contributed by atoms with van der Waals surface area (Å²) in [6.07, 6.45) is -6.56. The second kappa shape index (κ2) is 10.8. The molecule has 6 N–H and O–H groups in total. The van der Waals surface area contributed by atoms with Crippen LogP contribution < -0.4 is 0 Å². The molecule has 0 aromatic carbocycles. The first-order valence-electron chi connectivity index (χ1n) is 5.67. The van der Waals surface area contributed by atoms with E-state index in [1.54, 1.807) is 0 Å². The van der Waals surface area contributed by atoms with Crippen LogP contribution in [0.5, 0.6) is 0 Å². The lowest BCUT2D eigenvalue weighted by Gasteiger charge is -2.22. The van der Waals surface area contributed by atoms with E-state index in [1.807, 2.05) is 13.8 Å². The normalized spacial score (nSPS) is 16.8. The summed E-state index contributed by atoms with van der Waals surface area (Å²) in [4.78, 5) is 19.7. The van der Waals surface area contributed by atoms with Crippen LogP contribution in [0.25, 0.3) is 0 Å². The zero-order chi connectivity index (χ0) is 15.6. The minimum absolute atomic E-state index is 0.0258. The van der Waals surface area contributed by atoms with E-state index < -0.39 is 37.0 Å². The van der Waals surface area contributed by atoms with Crippen molar-refractivity contribution >= 4 is 12.3 Å². The van der Waals surface area contributed by atoms with Crippen molar-refractivity contribution in [3.8, 4) is 0 Å². The summed E-state index contributed by atoms with van der Waals surface area (Å²) in [5, 5.41) is 51.6. The van der Waals surface area contributed by atoms with Crippen molar-refractivity contribution in [2.75, 3.05) is 6.61 Å². The maximum absolute atomic E-state index is 9.90. The summed E-state index contributed by atoms with van der Waals surface area (Å²) in [7, 11) is 0. The highest BCUT2D eigenvalue weighted by molar-refractivity contribution is 5.66. The van der Waals surface area contributed by atoms with Crippen LogP contribution in [0.2, 0.25) is 0 Å². The first kappa shape index (κ1) is 20.3. The number of carbonyl (C=O) groups excluding carboxylic acids is 1. The summed E-state index contributed by atoms with van der Waals surface area (Å²) in [5.41, 5.74) is 0. The number of aliphatic carboxylic acids is 1. The van der Waals surface area contributed by atoms with Gasteiger partial charge in [-0.2, -0.15) is 0 Å². The number of carboxylic acid groups (broad SMARTS) is 1. The molecular formula is C11H22O8. The molecule has 0 aromatic heterocycles. The van der Waals surface area contributed by atoms with Crippen LogP contribution in [-0.2, 0) is 9.59 Å². The zero-order valence-electron chi connectivity index (χ0n) is 10.9. The van der Waals surface area contributed by atoms with Crippen molar-refractivity contribution in [1.29, 1.82) is 0 Å². The number of carboxylic acids is 1. The Morgan fingerprint density at radius 2 is 1.58 bits per heavy atom. The molecule has 0 saturated heterocycles. The first-order valence-corrected chi connectivity index (χ1v) is 5.67. The van der Waals surface area contributed by atoms with Gasteiger partial charge in [0.05, 0.1) is 6.61 Å². The van der Waals surface area contributed by atoms with E-state index >= 15 is 0 Å². The molecule has 0 aliphatic carbocycles. The van der Waals surface area contributed by atoms with E-state index in [1.165, 1.54) is 0 Å². The minimum Gasteiger partial charge on any atom is -0.481 e. The second-order valence-electron chi connectivity index (χ2n) is 4.35. The molecule has 8 heteroatoms. The van der Waals surface area contributed by atoms with Crippen LogP contribution in [0, 0.1) is 5.92 Å². The molecule has 0 rings (SSSR count). The quantitative estimate of drug-likeness (QED) is 0.286. The molecule has 0 heterocycles. The first-order chi connectivity index (χ1) is 8.67. The van der Waals surface area contributed by atoms with Crippen LogP contribution >= 0.6 is 0 Å². The third-order valence-electron chi connectivity index (χ3n) is 2.00. The van der Waals surface area contributed by atoms with Crippen molar-refractivity contribution in [1.82, 2.24) is 0 Å². The fourth-order valence-corrected chi connectivity index (χ4v) is 0.967. The van der Waals surface area contributed by atoms with Crippen molar-refractivity contribution in [3.05, 3.63) is 0 Å². The third-order valence-corrected chi connectivity index (χ3v) is 2.00. The third kappa shape index (κ3) is 10.5. The lowest BCUT2D eigenvalue weighted by Crippen LogP contribution is -2.46. The van der Waals surface area contributed by atoms with Crippen molar-refractivity contribution in [2.24, 2.45) is 5.92 Å². The molecule has 0 radical (unpaired) electrons. The highest BCUT2D eigenvalue weighted by Gasteiger charge is 2.29. The molecule has 0 saturated carbocycles. The summed E-state index contributed by atoms with van der Waals surface area (Å²) >= 11 is 0. The van der Waals surface area contributed by atoms with Crippen molar-refractivity contribution < 1.29 is 40.2 Å². The predicted molar refractivity (Wildman–Crippen MR) is 64.3 cm³/mol. The molecule has 0 aliphatic heterocycles. The van der Waals surface area contributed by atoms with E-state index in [4.69, 9.17) is 30.6 Å². The van der Waals surface area contributed by atoms with E-state index in [0.29, 0.717) is 0 Å². The smallest absolute Gasteiger partial charge is 0.303 e. The van der Waals surface area contributed by atoms with Crippen molar-refractivity contribution in [2.45, 2.75) is 44.7 Å². The van der Waals surface area contributed by atoms with Gasteiger partial charge in [-0.15, -0.1) is 0 Å². The highest BCUT2D eigenvalue weighted by atomic mass is 16.4. The molecule has 8 nitrogen and oxygen atoms in total. The number of rotatable bonds is 7. The average Bonchev–Trinajstić information content (AvgIpc) is 2.34. The molecule has 19 heavy (non-hydrogen) atoms. The number of carbonyl (C=O) groups is 2. The summed E-state index contributed by atoms with van der Waals surface area (Å²) in [6.45, 7) is 3.01. The number of hydrogen-bond acceptors (Lipinski definition) is 7. The second-order valence-corrected chi connectivity index (χ2v) is 4.35.